The van der Waals surface area contributed by atoms with E-state index in [0.717, 1.165) is 22.3 Å². The van der Waals surface area contributed by atoms with Crippen LogP contribution in [0.5, 0.6) is 0 Å². The van der Waals surface area contributed by atoms with E-state index in [4.69, 9.17) is 11.6 Å². The van der Waals surface area contributed by atoms with Gasteiger partial charge in [-0.1, -0.05) is 11.6 Å². The van der Waals surface area contributed by atoms with Crippen LogP contribution in [-0.4, -0.2) is 53.3 Å². The minimum atomic E-state index is -0.170. The van der Waals surface area contributed by atoms with Gasteiger partial charge in [-0.05, 0) is 26.2 Å². The minimum absolute atomic E-state index is 0.170. The number of halogens is 1. The summed E-state index contributed by atoms with van der Waals surface area (Å²) in [6, 6.07) is 5.39. The Bertz CT molecular complexity index is 624. The van der Waals surface area contributed by atoms with Gasteiger partial charge in [0.25, 0.3) is 0 Å². The van der Waals surface area contributed by atoms with Crippen LogP contribution < -0.4 is 5.32 Å². The van der Waals surface area contributed by atoms with Crippen molar-refractivity contribution in [2.75, 3.05) is 33.0 Å². The van der Waals surface area contributed by atoms with Crippen molar-refractivity contribution < 1.29 is 4.79 Å². The van der Waals surface area contributed by atoms with Gasteiger partial charge in [-0.25, -0.2) is 9.48 Å². The molecule has 2 aromatic rings. The van der Waals surface area contributed by atoms with Crippen LogP contribution in [0.15, 0.2) is 24.4 Å². The van der Waals surface area contributed by atoms with Gasteiger partial charge in [0.15, 0.2) is 0 Å². The molecule has 0 saturated carbocycles. The molecular formula is C14H20ClN5OS. The van der Waals surface area contributed by atoms with E-state index in [9.17, 15) is 4.79 Å². The molecule has 0 spiro atoms. The molecule has 0 aliphatic carbocycles. The lowest BCUT2D eigenvalue weighted by Gasteiger charge is -2.18. The number of nitrogens with one attached hydrogen (secondary N) is 1. The normalized spacial score (nSPS) is 11.0. The van der Waals surface area contributed by atoms with Gasteiger partial charge in [-0.15, -0.1) is 11.3 Å². The second-order valence-corrected chi connectivity index (χ2v) is 7.03. The summed E-state index contributed by atoms with van der Waals surface area (Å²) in [5.41, 5.74) is 0. The minimum Gasteiger partial charge on any atom is -0.322 e. The first-order valence-electron chi connectivity index (χ1n) is 6.88. The quantitative estimate of drug-likeness (QED) is 0.879. The molecule has 0 atom stereocenters. The van der Waals surface area contributed by atoms with E-state index < -0.39 is 0 Å². The standard InChI is InChI=1S/C14H20ClN5OS/c1-18(2)8-9-20-13(6-7-16-20)17-14(21)19(3)10-11-4-5-12(15)22-11/h4-7H,8-10H2,1-3H3,(H,17,21). The van der Waals surface area contributed by atoms with Gasteiger partial charge in [-0.3, -0.25) is 5.32 Å². The number of carbonyl (C=O) groups excluding carboxylic acids is 1. The van der Waals surface area contributed by atoms with Crippen LogP contribution in [0, 0.1) is 0 Å². The summed E-state index contributed by atoms with van der Waals surface area (Å²) in [6.07, 6.45) is 1.68. The van der Waals surface area contributed by atoms with Crippen molar-refractivity contribution in [1.82, 2.24) is 19.6 Å². The van der Waals surface area contributed by atoms with E-state index in [0.29, 0.717) is 12.4 Å². The molecule has 0 fully saturated rings. The number of aromatic nitrogens is 2. The van der Waals surface area contributed by atoms with E-state index in [1.165, 1.54) is 11.3 Å². The number of nitrogens with zero attached hydrogens (tertiary/aromatic N) is 4. The number of hydrogen-bond donors (Lipinski definition) is 1. The molecule has 0 aliphatic heterocycles. The van der Waals surface area contributed by atoms with Crippen LogP contribution in [0.1, 0.15) is 4.88 Å². The molecule has 8 heteroatoms. The topological polar surface area (TPSA) is 53.4 Å². The third-order valence-corrected chi connectivity index (χ3v) is 4.30. The summed E-state index contributed by atoms with van der Waals surface area (Å²) >= 11 is 7.38. The van der Waals surface area contributed by atoms with Crippen LogP contribution in [0.25, 0.3) is 0 Å². The first-order chi connectivity index (χ1) is 10.5. The molecule has 0 bridgehead atoms. The van der Waals surface area contributed by atoms with E-state index in [-0.39, 0.29) is 6.03 Å². The highest BCUT2D eigenvalue weighted by molar-refractivity contribution is 7.16. The number of thiophene rings is 1. The van der Waals surface area contributed by atoms with E-state index >= 15 is 0 Å². The van der Waals surface area contributed by atoms with Crippen LogP contribution in [-0.2, 0) is 13.1 Å². The Morgan fingerprint density at radius 2 is 2.14 bits per heavy atom. The van der Waals surface area contributed by atoms with Crippen LogP contribution in [0.4, 0.5) is 10.6 Å². The molecule has 6 nitrogen and oxygen atoms in total. The van der Waals surface area contributed by atoms with E-state index in [2.05, 4.69) is 15.3 Å². The lowest BCUT2D eigenvalue weighted by molar-refractivity contribution is 0.221. The Morgan fingerprint density at radius 1 is 1.36 bits per heavy atom. The Morgan fingerprint density at radius 3 is 2.77 bits per heavy atom. The van der Waals surface area contributed by atoms with Gasteiger partial charge in [0.2, 0.25) is 0 Å². The fourth-order valence-electron chi connectivity index (χ4n) is 1.86. The summed E-state index contributed by atoms with van der Waals surface area (Å²) in [5, 5.41) is 7.11. The molecule has 0 radical (unpaired) electrons. The first-order valence-corrected chi connectivity index (χ1v) is 8.08. The maximum atomic E-state index is 12.2. The number of likely N-dealkylation sites (N-methyl/N-ethyl adjacent to an activating group) is 1. The molecule has 120 valence electrons. The van der Waals surface area contributed by atoms with Gasteiger partial charge in [0.1, 0.15) is 5.82 Å². The molecule has 0 aliphatic rings. The van der Waals surface area contributed by atoms with Crippen molar-refractivity contribution in [3.63, 3.8) is 0 Å². The Balaban J connectivity index is 1.92. The number of anilines is 1. The molecular weight excluding hydrogens is 322 g/mol. The molecule has 22 heavy (non-hydrogen) atoms. The molecule has 1 N–H and O–H groups in total. The van der Waals surface area contributed by atoms with Crippen molar-refractivity contribution in [2.45, 2.75) is 13.1 Å². The zero-order valence-electron chi connectivity index (χ0n) is 12.9. The van der Waals surface area contributed by atoms with E-state index in [1.807, 2.05) is 26.2 Å². The van der Waals surface area contributed by atoms with Crippen molar-refractivity contribution >= 4 is 34.8 Å². The van der Waals surface area contributed by atoms with Crippen LogP contribution in [0.2, 0.25) is 4.34 Å². The summed E-state index contributed by atoms with van der Waals surface area (Å²) in [4.78, 5) is 17.0. The molecule has 0 aromatic carbocycles. The summed E-state index contributed by atoms with van der Waals surface area (Å²) in [7, 11) is 5.76. The van der Waals surface area contributed by atoms with Gasteiger partial charge in [0, 0.05) is 24.5 Å². The Kier molecular flexibility index (Phi) is 5.82. The van der Waals surface area contributed by atoms with Crippen molar-refractivity contribution in [1.29, 1.82) is 0 Å². The average molecular weight is 342 g/mol. The molecule has 0 unspecified atom stereocenters. The van der Waals surface area contributed by atoms with Gasteiger partial charge in [-0.2, -0.15) is 5.10 Å². The molecule has 2 rings (SSSR count). The zero-order valence-corrected chi connectivity index (χ0v) is 14.5. The highest BCUT2D eigenvalue weighted by atomic mass is 35.5. The Labute approximate surface area is 139 Å². The summed E-state index contributed by atoms with van der Waals surface area (Å²) in [6.45, 7) is 2.10. The average Bonchev–Trinajstić information content (AvgIpc) is 3.05. The number of hydrogen-bond acceptors (Lipinski definition) is 4. The first kappa shape index (κ1) is 16.8. The molecule has 2 aromatic heterocycles. The number of urea groups is 1. The fourth-order valence-corrected chi connectivity index (χ4v) is 3.00. The molecule has 2 amide bonds. The van der Waals surface area contributed by atoms with Gasteiger partial charge >= 0.3 is 6.03 Å². The summed E-state index contributed by atoms with van der Waals surface area (Å²) < 4.78 is 2.51. The lowest BCUT2D eigenvalue weighted by atomic mass is 10.4. The lowest BCUT2D eigenvalue weighted by Crippen LogP contribution is -2.31. The van der Waals surface area contributed by atoms with E-state index in [1.54, 1.807) is 28.9 Å². The predicted molar refractivity (Wildman–Crippen MR) is 90.6 cm³/mol. The fraction of sp³-hybridized carbons (Fsp3) is 0.429. The third kappa shape index (κ3) is 4.72. The highest BCUT2D eigenvalue weighted by Crippen LogP contribution is 2.22. The van der Waals surface area contributed by atoms with Crippen LogP contribution in [0.3, 0.4) is 0 Å². The van der Waals surface area contributed by atoms with Crippen molar-refractivity contribution in [3.8, 4) is 0 Å². The predicted octanol–water partition coefficient (Wildman–Crippen LogP) is 2.82. The zero-order chi connectivity index (χ0) is 16.1. The van der Waals surface area contributed by atoms with Crippen LogP contribution >= 0.6 is 22.9 Å². The number of carbonyl (C=O) groups is 1. The number of rotatable bonds is 6. The van der Waals surface area contributed by atoms with Crippen molar-refractivity contribution in [2.24, 2.45) is 0 Å². The molecule has 0 saturated heterocycles. The monoisotopic (exact) mass is 341 g/mol. The highest BCUT2D eigenvalue weighted by Gasteiger charge is 2.13. The maximum Gasteiger partial charge on any atom is 0.323 e. The number of amides is 2. The largest absolute Gasteiger partial charge is 0.323 e. The smallest absolute Gasteiger partial charge is 0.322 e. The van der Waals surface area contributed by atoms with Crippen molar-refractivity contribution in [3.05, 3.63) is 33.6 Å². The Hall–Kier alpha value is -1.57. The second kappa shape index (κ2) is 7.62. The van der Waals surface area contributed by atoms with Gasteiger partial charge < -0.3 is 9.80 Å². The van der Waals surface area contributed by atoms with Gasteiger partial charge in [0.05, 0.1) is 23.6 Å². The maximum absolute atomic E-state index is 12.2. The molecule has 2 heterocycles. The second-order valence-electron chi connectivity index (χ2n) is 5.23. The SMILES string of the molecule is CN(C)CCn1nccc1NC(=O)N(C)Cc1ccc(Cl)s1. The summed E-state index contributed by atoms with van der Waals surface area (Å²) in [5.74, 6) is 0.697. The third-order valence-electron chi connectivity index (χ3n) is 3.08.